The third kappa shape index (κ3) is 1.77. The van der Waals surface area contributed by atoms with Crippen LogP contribution in [0.15, 0.2) is 36.9 Å². The molecule has 0 amide bonds. The first-order valence-electron chi connectivity index (χ1n) is 6.06. The lowest BCUT2D eigenvalue weighted by Gasteiger charge is -2.15. The van der Waals surface area contributed by atoms with Crippen molar-refractivity contribution in [3.63, 3.8) is 0 Å². The van der Waals surface area contributed by atoms with Crippen molar-refractivity contribution in [2.24, 2.45) is 0 Å². The second-order valence-electron chi connectivity index (χ2n) is 4.68. The molecule has 3 rings (SSSR count). The highest BCUT2D eigenvalue weighted by atomic mass is 16.7. The van der Waals surface area contributed by atoms with Crippen molar-refractivity contribution < 1.29 is 9.47 Å². The number of ether oxygens (including phenoxy) is 2. The molecule has 1 aliphatic rings. The minimum Gasteiger partial charge on any atom is -0.459 e. The average molecular weight is 241 g/mol. The van der Waals surface area contributed by atoms with Gasteiger partial charge in [-0.25, -0.2) is 4.98 Å². The Labute approximate surface area is 106 Å². The summed E-state index contributed by atoms with van der Waals surface area (Å²) in [5.74, 6) is 0.585. The first-order valence-corrected chi connectivity index (χ1v) is 6.06. The van der Waals surface area contributed by atoms with E-state index in [0.717, 1.165) is 22.2 Å². The number of hydrogen-bond donors (Lipinski definition) is 0. The van der Waals surface area contributed by atoms with E-state index in [-0.39, 0.29) is 12.4 Å². The van der Waals surface area contributed by atoms with Gasteiger partial charge >= 0.3 is 0 Å². The van der Waals surface area contributed by atoms with Gasteiger partial charge in [0.05, 0.1) is 17.2 Å². The smallest absolute Gasteiger partial charge is 0.229 e. The lowest BCUT2D eigenvalue weighted by Crippen LogP contribution is -2.09. The van der Waals surface area contributed by atoms with Gasteiger partial charge in [-0.3, -0.25) is 0 Å². The van der Waals surface area contributed by atoms with Crippen LogP contribution in [0.25, 0.3) is 16.7 Å². The molecule has 3 heteroatoms. The Hall–Kier alpha value is -1.87. The molecule has 1 aromatic heterocycles. The molecule has 0 bridgehead atoms. The summed E-state index contributed by atoms with van der Waals surface area (Å²) in [5.41, 5.74) is 2.72. The Balaban J connectivity index is 2.13. The van der Waals surface area contributed by atoms with Crippen molar-refractivity contribution in [3.05, 3.63) is 48.2 Å². The van der Waals surface area contributed by atoms with Crippen LogP contribution in [-0.2, 0) is 9.47 Å². The maximum absolute atomic E-state index is 5.73. The first kappa shape index (κ1) is 11.2. The fourth-order valence-electron chi connectivity index (χ4n) is 2.13. The topological polar surface area (TPSA) is 31.4 Å². The second kappa shape index (κ2) is 4.10. The molecule has 1 unspecified atom stereocenters. The fraction of sp³-hybridized carbons (Fsp3) is 0.267. The highest BCUT2D eigenvalue weighted by Crippen LogP contribution is 2.38. The summed E-state index contributed by atoms with van der Waals surface area (Å²) in [7, 11) is 0. The first-order chi connectivity index (χ1) is 8.65. The summed E-state index contributed by atoms with van der Waals surface area (Å²) >= 11 is 0. The number of rotatable bonds is 2. The predicted octanol–water partition coefficient (Wildman–Crippen LogP) is 3.66. The molecule has 0 saturated carbocycles. The maximum Gasteiger partial charge on any atom is 0.229 e. The number of nitrogens with zero attached hydrogens (tertiary/aromatic N) is 1. The van der Waals surface area contributed by atoms with Crippen LogP contribution in [0.2, 0.25) is 0 Å². The molecule has 0 saturated heterocycles. The quantitative estimate of drug-likeness (QED) is 0.804. The van der Waals surface area contributed by atoms with Crippen molar-refractivity contribution in [2.45, 2.75) is 26.2 Å². The SMILES string of the molecule is C=C1OC(OC(C)C)c2cc3ccccc3nc21. The normalized spacial score (nSPS) is 18.2. The minimum absolute atomic E-state index is 0.0974. The van der Waals surface area contributed by atoms with Crippen LogP contribution in [0.1, 0.15) is 31.4 Å². The second-order valence-corrected chi connectivity index (χ2v) is 4.68. The summed E-state index contributed by atoms with van der Waals surface area (Å²) in [6.45, 7) is 7.86. The van der Waals surface area contributed by atoms with Crippen molar-refractivity contribution >= 4 is 16.7 Å². The Bertz CT molecular complexity index is 619. The number of pyridine rings is 1. The predicted molar refractivity (Wildman–Crippen MR) is 70.8 cm³/mol. The van der Waals surface area contributed by atoms with Crippen molar-refractivity contribution in [1.29, 1.82) is 0 Å². The van der Waals surface area contributed by atoms with Gasteiger partial charge in [0, 0.05) is 5.39 Å². The average Bonchev–Trinajstić information content (AvgIpc) is 2.63. The van der Waals surface area contributed by atoms with E-state index in [2.05, 4.69) is 17.6 Å². The molecule has 18 heavy (non-hydrogen) atoms. The Morgan fingerprint density at radius 2 is 2.11 bits per heavy atom. The number of hydrogen-bond acceptors (Lipinski definition) is 3. The third-order valence-corrected chi connectivity index (χ3v) is 2.92. The van der Waals surface area contributed by atoms with Crippen molar-refractivity contribution in [2.75, 3.05) is 0 Å². The van der Waals surface area contributed by atoms with E-state index in [1.165, 1.54) is 0 Å². The highest BCUT2D eigenvalue weighted by molar-refractivity contribution is 5.82. The van der Waals surface area contributed by atoms with E-state index in [1.54, 1.807) is 0 Å². The van der Waals surface area contributed by atoms with Crippen LogP contribution in [0.3, 0.4) is 0 Å². The van der Waals surface area contributed by atoms with Crippen LogP contribution in [0.5, 0.6) is 0 Å². The van der Waals surface area contributed by atoms with Crippen LogP contribution in [0.4, 0.5) is 0 Å². The number of benzene rings is 1. The zero-order valence-electron chi connectivity index (χ0n) is 10.5. The molecule has 0 aliphatic carbocycles. The van der Waals surface area contributed by atoms with Crippen LogP contribution >= 0.6 is 0 Å². The summed E-state index contributed by atoms with van der Waals surface area (Å²) in [6.07, 6.45) is -0.287. The highest BCUT2D eigenvalue weighted by Gasteiger charge is 2.30. The van der Waals surface area contributed by atoms with Gasteiger partial charge in [-0.2, -0.15) is 0 Å². The Morgan fingerprint density at radius 3 is 2.89 bits per heavy atom. The molecule has 1 atom stereocenters. The third-order valence-electron chi connectivity index (χ3n) is 2.92. The molecule has 0 spiro atoms. The number of aromatic nitrogens is 1. The molecule has 2 heterocycles. The van der Waals surface area contributed by atoms with E-state index >= 15 is 0 Å². The summed E-state index contributed by atoms with van der Waals surface area (Å²) in [4.78, 5) is 4.59. The monoisotopic (exact) mass is 241 g/mol. The maximum atomic E-state index is 5.73. The molecule has 92 valence electrons. The van der Waals surface area contributed by atoms with Crippen molar-refractivity contribution in [3.8, 4) is 0 Å². The molecule has 2 aromatic rings. The lowest BCUT2D eigenvalue weighted by molar-refractivity contribution is -0.118. The summed E-state index contributed by atoms with van der Waals surface area (Å²) < 4.78 is 11.4. The number of fused-ring (bicyclic) bond motifs is 2. The summed E-state index contributed by atoms with van der Waals surface area (Å²) in [5, 5.41) is 1.09. The molecule has 0 N–H and O–H groups in total. The van der Waals surface area contributed by atoms with Gasteiger partial charge in [0.25, 0.3) is 0 Å². The molecule has 0 radical (unpaired) electrons. The molecule has 0 fully saturated rings. The van der Waals surface area contributed by atoms with Crippen LogP contribution in [0, 0.1) is 0 Å². The van der Waals surface area contributed by atoms with Gasteiger partial charge in [0.15, 0.2) is 0 Å². The number of para-hydroxylation sites is 1. The van der Waals surface area contributed by atoms with E-state index in [1.807, 2.05) is 38.1 Å². The molecule has 1 aliphatic heterocycles. The fourth-order valence-corrected chi connectivity index (χ4v) is 2.13. The van der Waals surface area contributed by atoms with Crippen LogP contribution < -0.4 is 0 Å². The van der Waals surface area contributed by atoms with Gasteiger partial charge < -0.3 is 9.47 Å². The van der Waals surface area contributed by atoms with E-state index in [4.69, 9.17) is 9.47 Å². The lowest BCUT2D eigenvalue weighted by atomic mass is 10.1. The zero-order valence-corrected chi connectivity index (χ0v) is 10.5. The van der Waals surface area contributed by atoms with Gasteiger partial charge in [-0.15, -0.1) is 0 Å². The summed E-state index contributed by atoms with van der Waals surface area (Å²) in [6, 6.07) is 10.1. The van der Waals surface area contributed by atoms with Gasteiger partial charge in [0.1, 0.15) is 11.5 Å². The van der Waals surface area contributed by atoms with Crippen LogP contribution in [-0.4, -0.2) is 11.1 Å². The van der Waals surface area contributed by atoms with Gasteiger partial charge in [-0.05, 0) is 26.0 Å². The van der Waals surface area contributed by atoms with E-state index in [0.29, 0.717) is 5.76 Å². The minimum atomic E-state index is -0.385. The molecular formula is C15H15NO2. The molecule has 3 nitrogen and oxygen atoms in total. The van der Waals surface area contributed by atoms with Crippen molar-refractivity contribution in [1.82, 2.24) is 4.98 Å². The van der Waals surface area contributed by atoms with Gasteiger partial charge in [-0.1, -0.05) is 24.8 Å². The van der Waals surface area contributed by atoms with E-state index in [9.17, 15) is 0 Å². The Kier molecular flexibility index (Phi) is 2.56. The van der Waals surface area contributed by atoms with Gasteiger partial charge in [0.2, 0.25) is 6.29 Å². The Morgan fingerprint density at radius 1 is 1.33 bits per heavy atom. The molecular weight excluding hydrogens is 226 g/mol. The molecule has 1 aromatic carbocycles. The largest absolute Gasteiger partial charge is 0.459 e. The zero-order chi connectivity index (χ0) is 12.7. The standard InChI is InChI=1S/C15H15NO2/c1-9(2)17-15-12-8-11-6-4-5-7-13(11)16-14(12)10(3)18-15/h4-9,15H,3H2,1-2H3. The van der Waals surface area contributed by atoms with E-state index < -0.39 is 0 Å².